The van der Waals surface area contributed by atoms with Crippen LogP contribution in [0.4, 0.5) is 0 Å². The summed E-state index contributed by atoms with van der Waals surface area (Å²) in [7, 11) is 1.60. The second-order valence-corrected chi connectivity index (χ2v) is 6.03. The Balaban J connectivity index is 2.11. The summed E-state index contributed by atoms with van der Waals surface area (Å²) in [6.45, 7) is 0. The molecule has 1 N–H and O–H groups in total. The predicted molar refractivity (Wildman–Crippen MR) is 98.6 cm³/mol. The molecule has 2 aromatic heterocycles. The minimum atomic E-state index is -0.171. The summed E-state index contributed by atoms with van der Waals surface area (Å²) in [6.07, 6.45) is 0. The van der Waals surface area contributed by atoms with Gasteiger partial charge in [-0.2, -0.15) is 0 Å². The number of imidazole rings is 1. The van der Waals surface area contributed by atoms with Crippen molar-refractivity contribution in [2.75, 3.05) is 7.05 Å². The van der Waals surface area contributed by atoms with E-state index < -0.39 is 0 Å². The van der Waals surface area contributed by atoms with Gasteiger partial charge in [-0.05, 0) is 35.7 Å². The average molecular weight is 327 g/mol. The molecular weight excluding hydrogens is 314 g/mol. The number of nitrogens with zero attached hydrogens (tertiary/aromatic N) is 2. The van der Waals surface area contributed by atoms with Gasteiger partial charge >= 0.3 is 0 Å². The summed E-state index contributed by atoms with van der Waals surface area (Å²) in [5, 5.41) is 5.67. The van der Waals surface area contributed by atoms with Crippen LogP contribution in [0.2, 0.25) is 0 Å². The van der Waals surface area contributed by atoms with Crippen molar-refractivity contribution in [3.05, 3.63) is 70.5 Å². The van der Waals surface area contributed by atoms with Gasteiger partial charge in [-0.15, -0.1) is 0 Å². The van der Waals surface area contributed by atoms with E-state index in [0.717, 1.165) is 27.2 Å². The molecule has 2 heterocycles. The third kappa shape index (κ3) is 1.69. The molecule has 0 unspecified atom stereocenters. The number of rotatable bonds is 1. The van der Waals surface area contributed by atoms with Crippen LogP contribution in [0, 0.1) is 0 Å². The molecule has 0 aliphatic heterocycles. The molecule has 0 aliphatic rings. The van der Waals surface area contributed by atoms with E-state index in [-0.39, 0.29) is 11.5 Å². The van der Waals surface area contributed by atoms with E-state index in [1.165, 1.54) is 0 Å². The van der Waals surface area contributed by atoms with E-state index in [4.69, 9.17) is 0 Å². The number of fused-ring (bicyclic) bond motifs is 4. The number of benzene rings is 3. The Hall–Kier alpha value is -3.47. The molecule has 5 nitrogen and oxygen atoms in total. The lowest BCUT2D eigenvalue weighted by atomic mass is 9.97. The van der Waals surface area contributed by atoms with Crippen LogP contribution in [-0.4, -0.2) is 22.3 Å². The second kappa shape index (κ2) is 4.77. The molecule has 1 amide bonds. The summed E-state index contributed by atoms with van der Waals surface area (Å²) >= 11 is 0. The Morgan fingerprint density at radius 1 is 0.960 bits per heavy atom. The fourth-order valence-corrected chi connectivity index (χ4v) is 3.64. The van der Waals surface area contributed by atoms with Crippen LogP contribution in [0.15, 0.2) is 59.4 Å². The van der Waals surface area contributed by atoms with Gasteiger partial charge in [-0.3, -0.25) is 14.0 Å². The maximum Gasteiger partial charge on any atom is 0.264 e. The monoisotopic (exact) mass is 327 g/mol. The first-order valence-corrected chi connectivity index (χ1v) is 8.01. The van der Waals surface area contributed by atoms with Crippen LogP contribution in [-0.2, 0) is 0 Å². The zero-order valence-corrected chi connectivity index (χ0v) is 13.4. The Bertz CT molecular complexity index is 1370. The maximum atomic E-state index is 13.1. The standard InChI is InChI=1S/C20H13N3O2/c1-21-19(24)12-9-10-13-17-11(12)5-4-6-14(17)20(25)23-16-8-3-2-7-15(16)22-18(13)23/h2-10H,1H3,(H,21,24). The van der Waals surface area contributed by atoms with Gasteiger partial charge in [0.05, 0.1) is 11.0 Å². The van der Waals surface area contributed by atoms with Gasteiger partial charge in [0.2, 0.25) is 0 Å². The molecule has 0 bridgehead atoms. The van der Waals surface area contributed by atoms with Gasteiger partial charge in [0, 0.05) is 28.8 Å². The van der Waals surface area contributed by atoms with E-state index in [0.29, 0.717) is 16.6 Å². The Labute approximate surface area is 141 Å². The molecule has 0 atom stereocenters. The summed E-state index contributed by atoms with van der Waals surface area (Å²) in [5.41, 5.74) is 2.64. The highest BCUT2D eigenvalue weighted by Gasteiger charge is 2.18. The van der Waals surface area contributed by atoms with E-state index >= 15 is 0 Å². The minimum Gasteiger partial charge on any atom is -0.355 e. The molecule has 5 aromatic rings. The lowest BCUT2D eigenvalue weighted by molar-refractivity contribution is 0.0965. The first-order valence-electron chi connectivity index (χ1n) is 8.01. The number of para-hydroxylation sites is 2. The van der Waals surface area contributed by atoms with Gasteiger partial charge in [0.25, 0.3) is 11.5 Å². The van der Waals surface area contributed by atoms with Gasteiger partial charge in [-0.1, -0.05) is 24.3 Å². The van der Waals surface area contributed by atoms with Gasteiger partial charge in [0.1, 0.15) is 5.65 Å². The highest BCUT2D eigenvalue weighted by molar-refractivity contribution is 6.20. The van der Waals surface area contributed by atoms with Gasteiger partial charge in [0.15, 0.2) is 0 Å². The fourth-order valence-electron chi connectivity index (χ4n) is 3.64. The van der Waals surface area contributed by atoms with Crippen molar-refractivity contribution in [2.24, 2.45) is 0 Å². The SMILES string of the molecule is CNC(=O)c1ccc2c3c1cccc3c(=O)n1c3ccccc3nc21. The van der Waals surface area contributed by atoms with Crippen molar-refractivity contribution in [1.82, 2.24) is 14.7 Å². The van der Waals surface area contributed by atoms with Crippen molar-refractivity contribution < 1.29 is 4.79 Å². The molecule has 5 heteroatoms. The number of carbonyl (C=O) groups excluding carboxylic acids is 1. The number of nitrogens with one attached hydrogen (secondary N) is 1. The van der Waals surface area contributed by atoms with E-state index in [2.05, 4.69) is 10.3 Å². The number of pyridine rings is 1. The van der Waals surface area contributed by atoms with Crippen molar-refractivity contribution in [1.29, 1.82) is 0 Å². The summed E-state index contributed by atoms with van der Waals surface area (Å²) < 4.78 is 1.66. The average Bonchev–Trinajstić information content (AvgIpc) is 3.05. The van der Waals surface area contributed by atoms with Crippen LogP contribution in [0.3, 0.4) is 0 Å². The highest BCUT2D eigenvalue weighted by atomic mass is 16.1. The predicted octanol–water partition coefficient (Wildman–Crippen LogP) is 2.95. The topological polar surface area (TPSA) is 63.5 Å². The smallest absolute Gasteiger partial charge is 0.264 e. The first-order chi connectivity index (χ1) is 12.2. The number of aromatic nitrogens is 2. The molecule has 0 radical (unpaired) electrons. The van der Waals surface area contributed by atoms with Crippen molar-refractivity contribution in [3.63, 3.8) is 0 Å². The molecule has 25 heavy (non-hydrogen) atoms. The Morgan fingerprint density at radius 2 is 1.76 bits per heavy atom. The molecular formula is C20H13N3O2. The van der Waals surface area contributed by atoms with Crippen molar-refractivity contribution in [2.45, 2.75) is 0 Å². The summed E-state index contributed by atoms with van der Waals surface area (Å²) in [5.74, 6) is -0.171. The quantitative estimate of drug-likeness (QED) is 0.515. The van der Waals surface area contributed by atoms with Crippen LogP contribution in [0.1, 0.15) is 10.4 Å². The largest absolute Gasteiger partial charge is 0.355 e. The molecule has 0 spiro atoms. The highest BCUT2D eigenvalue weighted by Crippen LogP contribution is 2.31. The zero-order chi connectivity index (χ0) is 17.1. The molecule has 0 fully saturated rings. The third-order valence-electron chi connectivity index (χ3n) is 4.75. The van der Waals surface area contributed by atoms with Crippen LogP contribution in [0.5, 0.6) is 0 Å². The fraction of sp³-hybridized carbons (Fsp3) is 0.0500. The van der Waals surface area contributed by atoms with E-state index in [1.807, 2.05) is 42.5 Å². The number of hydrogen-bond donors (Lipinski definition) is 1. The van der Waals surface area contributed by atoms with Gasteiger partial charge in [-0.25, -0.2) is 4.98 Å². The van der Waals surface area contributed by atoms with Crippen LogP contribution >= 0.6 is 0 Å². The van der Waals surface area contributed by atoms with E-state index in [9.17, 15) is 9.59 Å². The normalized spacial score (nSPS) is 11.7. The molecule has 120 valence electrons. The molecule has 5 rings (SSSR count). The van der Waals surface area contributed by atoms with Gasteiger partial charge < -0.3 is 5.32 Å². The van der Waals surface area contributed by atoms with Crippen LogP contribution < -0.4 is 10.9 Å². The lowest BCUT2D eigenvalue weighted by Crippen LogP contribution is -2.19. The number of hydrogen-bond acceptors (Lipinski definition) is 3. The molecule has 3 aromatic carbocycles. The Kier molecular flexibility index (Phi) is 2.65. The lowest BCUT2D eigenvalue weighted by Gasteiger charge is -2.10. The summed E-state index contributed by atoms with van der Waals surface area (Å²) in [6, 6.07) is 16.8. The zero-order valence-electron chi connectivity index (χ0n) is 13.4. The van der Waals surface area contributed by atoms with Crippen molar-refractivity contribution in [3.8, 4) is 0 Å². The molecule has 0 saturated carbocycles. The second-order valence-electron chi connectivity index (χ2n) is 6.03. The van der Waals surface area contributed by atoms with Crippen molar-refractivity contribution >= 4 is 44.1 Å². The van der Waals surface area contributed by atoms with E-state index in [1.54, 1.807) is 23.6 Å². The third-order valence-corrected chi connectivity index (χ3v) is 4.75. The number of carbonyl (C=O) groups is 1. The minimum absolute atomic E-state index is 0.115. The molecule has 0 aliphatic carbocycles. The van der Waals surface area contributed by atoms with Crippen LogP contribution in [0.25, 0.3) is 38.2 Å². The molecule has 0 saturated heterocycles. The first kappa shape index (κ1) is 13.9. The Morgan fingerprint density at radius 3 is 2.60 bits per heavy atom. The number of amides is 1. The summed E-state index contributed by atoms with van der Waals surface area (Å²) in [4.78, 5) is 30.0. The maximum absolute atomic E-state index is 13.1.